The van der Waals surface area contributed by atoms with Crippen LogP contribution in [-0.2, 0) is 5.41 Å². The van der Waals surface area contributed by atoms with E-state index >= 15 is 0 Å². The highest BCUT2D eigenvalue weighted by Crippen LogP contribution is 2.45. The minimum atomic E-state index is 0.0719. The van der Waals surface area contributed by atoms with Crippen LogP contribution < -0.4 is 5.73 Å². The molecule has 3 rings (SSSR count). The first-order valence-electron chi connectivity index (χ1n) is 4.72. The van der Waals surface area contributed by atoms with E-state index in [9.17, 15) is 0 Å². The summed E-state index contributed by atoms with van der Waals surface area (Å²) in [6.45, 7) is 0.642. The van der Waals surface area contributed by atoms with E-state index in [4.69, 9.17) is 5.73 Å². The lowest BCUT2D eigenvalue weighted by molar-refractivity contribution is 0.639. The van der Waals surface area contributed by atoms with E-state index in [1.165, 1.54) is 0 Å². The summed E-state index contributed by atoms with van der Waals surface area (Å²) in [4.78, 5) is 4.13. The highest BCUT2D eigenvalue weighted by Gasteiger charge is 2.46. The molecule has 0 bridgehead atoms. The van der Waals surface area contributed by atoms with Crippen molar-refractivity contribution in [3.05, 3.63) is 24.3 Å². The molecule has 0 unspecified atom stereocenters. The molecule has 1 fully saturated rings. The predicted molar refractivity (Wildman–Crippen MR) is 50.7 cm³/mol. The Morgan fingerprint density at radius 2 is 2.29 bits per heavy atom. The molecule has 0 amide bonds. The molecule has 2 aromatic heterocycles. The lowest BCUT2D eigenvalue weighted by Crippen LogP contribution is -2.22. The van der Waals surface area contributed by atoms with Gasteiger partial charge in [0.05, 0.1) is 0 Å². The van der Waals surface area contributed by atoms with Crippen molar-refractivity contribution >= 4 is 5.78 Å². The topological polar surface area (TPSA) is 69.1 Å². The van der Waals surface area contributed by atoms with Crippen molar-refractivity contribution in [2.45, 2.75) is 18.3 Å². The lowest BCUT2D eigenvalue weighted by atomic mass is 10.1. The summed E-state index contributed by atoms with van der Waals surface area (Å²) < 4.78 is 1.93. The summed E-state index contributed by atoms with van der Waals surface area (Å²) in [5.41, 5.74) is 5.82. The maximum absolute atomic E-state index is 5.75. The largest absolute Gasteiger partial charge is 0.329 e. The maximum atomic E-state index is 5.75. The van der Waals surface area contributed by atoms with E-state index in [1.54, 1.807) is 6.20 Å². The van der Waals surface area contributed by atoms with Crippen molar-refractivity contribution in [3.63, 3.8) is 0 Å². The van der Waals surface area contributed by atoms with Crippen LogP contribution in [0.2, 0.25) is 0 Å². The van der Waals surface area contributed by atoms with E-state index in [0.29, 0.717) is 12.3 Å². The highest BCUT2D eigenvalue weighted by molar-refractivity contribution is 5.32. The summed E-state index contributed by atoms with van der Waals surface area (Å²) in [6.07, 6.45) is 5.88. The molecule has 0 radical (unpaired) electrons. The second-order valence-corrected chi connectivity index (χ2v) is 3.80. The summed E-state index contributed by atoms with van der Waals surface area (Å²) in [5.74, 6) is 1.62. The van der Waals surface area contributed by atoms with Crippen LogP contribution in [0.3, 0.4) is 0 Å². The lowest BCUT2D eigenvalue weighted by Gasteiger charge is -2.08. The molecule has 14 heavy (non-hydrogen) atoms. The van der Waals surface area contributed by atoms with Crippen molar-refractivity contribution in [1.29, 1.82) is 0 Å². The van der Waals surface area contributed by atoms with Gasteiger partial charge < -0.3 is 5.73 Å². The number of hydrogen-bond donors (Lipinski definition) is 1. The van der Waals surface area contributed by atoms with Crippen LogP contribution in [0, 0.1) is 0 Å². The third-order valence-corrected chi connectivity index (χ3v) is 2.91. The molecule has 2 N–H and O–H groups in total. The van der Waals surface area contributed by atoms with Crippen molar-refractivity contribution < 1.29 is 0 Å². The fourth-order valence-electron chi connectivity index (χ4n) is 1.77. The third-order valence-electron chi connectivity index (χ3n) is 2.91. The highest BCUT2D eigenvalue weighted by atomic mass is 15.3. The van der Waals surface area contributed by atoms with Crippen LogP contribution in [0.1, 0.15) is 18.7 Å². The molecular formula is C9H11N5. The Bertz CT molecular complexity index is 471. The summed E-state index contributed by atoms with van der Waals surface area (Å²) in [6, 6.07) is 1.88. The molecule has 0 spiro atoms. The van der Waals surface area contributed by atoms with Gasteiger partial charge in [-0.25, -0.2) is 4.98 Å². The van der Waals surface area contributed by atoms with Crippen LogP contribution in [0.25, 0.3) is 5.78 Å². The molecule has 1 aliphatic carbocycles. The van der Waals surface area contributed by atoms with Gasteiger partial charge >= 0.3 is 0 Å². The summed E-state index contributed by atoms with van der Waals surface area (Å²) in [7, 11) is 0. The fraction of sp³-hybridized carbons (Fsp3) is 0.444. The fourth-order valence-corrected chi connectivity index (χ4v) is 1.77. The van der Waals surface area contributed by atoms with Gasteiger partial charge in [0.1, 0.15) is 5.82 Å². The molecule has 0 atom stereocenters. The van der Waals surface area contributed by atoms with Crippen LogP contribution >= 0.6 is 0 Å². The molecule has 0 saturated heterocycles. The molecule has 5 nitrogen and oxygen atoms in total. The number of nitrogens with zero attached hydrogens (tertiary/aromatic N) is 4. The average molecular weight is 189 g/mol. The molecule has 2 aromatic rings. The average Bonchev–Trinajstić information content (AvgIpc) is 2.91. The zero-order chi connectivity index (χ0) is 9.60. The standard InChI is InChI=1S/C9H11N5/c10-6-9(2-3-9)7-12-13-8-11-4-1-5-14(7)8/h1,4-5H,2-3,6,10H2. The Morgan fingerprint density at radius 1 is 1.43 bits per heavy atom. The molecule has 0 aromatic carbocycles. The summed E-state index contributed by atoms with van der Waals surface area (Å²) in [5, 5.41) is 8.19. The zero-order valence-corrected chi connectivity index (χ0v) is 7.72. The summed E-state index contributed by atoms with van der Waals surface area (Å²) >= 11 is 0. The normalized spacial score (nSPS) is 18.6. The Labute approximate surface area is 81.0 Å². The minimum Gasteiger partial charge on any atom is -0.329 e. The molecular weight excluding hydrogens is 178 g/mol. The van der Waals surface area contributed by atoms with E-state index < -0.39 is 0 Å². The molecule has 2 heterocycles. The first-order chi connectivity index (χ1) is 6.86. The van der Waals surface area contributed by atoms with Crippen molar-refractivity contribution in [2.24, 2.45) is 5.73 Å². The quantitative estimate of drug-likeness (QED) is 0.728. The van der Waals surface area contributed by atoms with Crippen LogP contribution in [0.5, 0.6) is 0 Å². The Morgan fingerprint density at radius 3 is 3.00 bits per heavy atom. The second kappa shape index (κ2) is 2.51. The number of aromatic nitrogens is 4. The van der Waals surface area contributed by atoms with Gasteiger partial charge in [-0.1, -0.05) is 0 Å². The first-order valence-corrected chi connectivity index (χ1v) is 4.72. The molecule has 0 aliphatic heterocycles. The van der Waals surface area contributed by atoms with Crippen LogP contribution in [0.4, 0.5) is 0 Å². The van der Waals surface area contributed by atoms with Crippen molar-refractivity contribution in [3.8, 4) is 0 Å². The SMILES string of the molecule is NCC1(c2nnc3ncccn23)CC1. The smallest absolute Gasteiger partial charge is 0.254 e. The van der Waals surface area contributed by atoms with Gasteiger partial charge in [0, 0.05) is 24.4 Å². The van der Waals surface area contributed by atoms with E-state index in [0.717, 1.165) is 18.7 Å². The van der Waals surface area contributed by atoms with Gasteiger partial charge in [-0.15, -0.1) is 10.2 Å². The first kappa shape index (κ1) is 7.87. The zero-order valence-electron chi connectivity index (χ0n) is 7.72. The predicted octanol–water partition coefficient (Wildman–Crippen LogP) is 0.115. The van der Waals surface area contributed by atoms with Crippen LogP contribution in [-0.4, -0.2) is 26.1 Å². The van der Waals surface area contributed by atoms with Gasteiger partial charge in [-0.05, 0) is 18.9 Å². The van der Waals surface area contributed by atoms with Crippen LogP contribution in [0.15, 0.2) is 18.5 Å². The monoisotopic (exact) mass is 189 g/mol. The minimum absolute atomic E-state index is 0.0719. The van der Waals surface area contributed by atoms with Crippen molar-refractivity contribution in [2.75, 3.05) is 6.54 Å². The number of nitrogens with two attached hydrogens (primary N) is 1. The van der Waals surface area contributed by atoms with E-state index in [-0.39, 0.29) is 5.41 Å². The number of hydrogen-bond acceptors (Lipinski definition) is 4. The van der Waals surface area contributed by atoms with E-state index in [1.807, 2.05) is 16.7 Å². The Kier molecular flexibility index (Phi) is 1.41. The van der Waals surface area contributed by atoms with Gasteiger partial charge in [0.15, 0.2) is 0 Å². The Hall–Kier alpha value is -1.49. The van der Waals surface area contributed by atoms with Gasteiger partial charge in [0.25, 0.3) is 5.78 Å². The molecule has 1 saturated carbocycles. The number of fused-ring (bicyclic) bond motifs is 1. The molecule has 1 aliphatic rings. The molecule has 5 heteroatoms. The number of rotatable bonds is 2. The second-order valence-electron chi connectivity index (χ2n) is 3.80. The third kappa shape index (κ3) is 0.899. The Balaban J connectivity index is 2.22. The van der Waals surface area contributed by atoms with Gasteiger partial charge in [0.2, 0.25) is 0 Å². The van der Waals surface area contributed by atoms with Gasteiger partial charge in [-0.3, -0.25) is 4.40 Å². The molecule has 72 valence electrons. The maximum Gasteiger partial charge on any atom is 0.254 e. The van der Waals surface area contributed by atoms with Gasteiger partial charge in [-0.2, -0.15) is 0 Å². The van der Waals surface area contributed by atoms with Crippen molar-refractivity contribution in [1.82, 2.24) is 19.6 Å². The van der Waals surface area contributed by atoms with E-state index in [2.05, 4.69) is 15.2 Å².